The quantitative estimate of drug-likeness (QED) is 0.565. The second kappa shape index (κ2) is 9.87. The van der Waals surface area contributed by atoms with E-state index in [1.165, 1.54) is 12.5 Å². The minimum Gasteiger partial charge on any atom is -0.493 e. The molecule has 1 aliphatic heterocycles. The van der Waals surface area contributed by atoms with Crippen LogP contribution >= 0.6 is 0 Å². The van der Waals surface area contributed by atoms with E-state index in [1.807, 2.05) is 0 Å². The summed E-state index contributed by atoms with van der Waals surface area (Å²) in [6.45, 7) is 6.88. The molecule has 1 amide bonds. The van der Waals surface area contributed by atoms with Crippen LogP contribution < -0.4 is 19.5 Å². The number of carbonyl (C=O) groups excluding carboxylic acids is 2. The largest absolute Gasteiger partial charge is 0.493 e. The van der Waals surface area contributed by atoms with E-state index >= 15 is 0 Å². The van der Waals surface area contributed by atoms with Gasteiger partial charge in [-0.05, 0) is 49.0 Å². The molecular formula is C23H31NO6. The summed E-state index contributed by atoms with van der Waals surface area (Å²) in [7, 11) is 1.55. The van der Waals surface area contributed by atoms with Crippen LogP contribution in [-0.2, 0) is 14.3 Å². The van der Waals surface area contributed by atoms with Gasteiger partial charge in [0.15, 0.2) is 17.6 Å². The fourth-order valence-corrected chi connectivity index (χ4v) is 3.91. The van der Waals surface area contributed by atoms with Crippen LogP contribution in [0, 0.1) is 11.8 Å². The Balaban J connectivity index is 1.57. The number of benzene rings is 1. The molecule has 2 aliphatic rings. The van der Waals surface area contributed by atoms with E-state index in [0.717, 1.165) is 12.8 Å². The normalized spacial score (nSPS) is 24.2. The Labute approximate surface area is 177 Å². The molecule has 4 atom stereocenters. The summed E-state index contributed by atoms with van der Waals surface area (Å²) in [4.78, 5) is 24.7. The van der Waals surface area contributed by atoms with E-state index in [-0.39, 0.29) is 11.9 Å². The molecule has 1 fully saturated rings. The van der Waals surface area contributed by atoms with Gasteiger partial charge in [0, 0.05) is 12.1 Å². The predicted molar refractivity (Wildman–Crippen MR) is 113 cm³/mol. The van der Waals surface area contributed by atoms with Crippen molar-refractivity contribution in [3.05, 3.63) is 23.8 Å². The summed E-state index contributed by atoms with van der Waals surface area (Å²) in [5, 5.41) is 3.04. The average molecular weight is 418 g/mol. The molecule has 1 aliphatic carbocycles. The van der Waals surface area contributed by atoms with Crippen molar-refractivity contribution in [1.29, 1.82) is 0 Å². The molecule has 1 N–H and O–H groups in total. The number of nitrogens with one attached hydrogen (secondary N) is 1. The second-order valence-electron chi connectivity index (χ2n) is 8.04. The molecule has 1 aromatic carbocycles. The Morgan fingerprint density at radius 1 is 1.20 bits per heavy atom. The summed E-state index contributed by atoms with van der Waals surface area (Å²) in [5.74, 6) is 1.80. The van der Waals surface area contributed by atoms with Gasteiger partial charge in [0.1, 0.15) is 13.2 Å². The van der Waals surface area contributed by atoms with Gasteiger partial charge in [-0.25, -0.2) is 4.79 Å². The Morgan fingerprint density at radius 3 is 2.73 bits per heavy atom. The Bertz CT molecular complexity index is 788. The number of amides is 1. The van der Waals surface area contributed by atoms with Crippen molar-refractivity contribution in [2.75, 3.05) is 20.3 Å². The number of methoxy groups -OCH3 is 1. The predicted octanol–water partition coefficient (Wildman–Crippen LogP) is 3.35. The van der Waals surface area contributed by atoms with Crippen molar-refractivity contribution in [2.45, 2.75) is 52.2 Å². The molecule has 30 heavy (non-hydrogen) atoms. The standard InChI is InChI=1S/C23H31NO6/c1-14-6-5-7-18(15(14)2)24-23(26)16(3)30-21(25)9-8-17-12-19(27-4)22-20(13-17)28-10-11-29-22/h8-9,12-16,18H,5-7,10-11H2,1-4H3,(H,24,26)/b9-8+/t14-,15-,16-,18+/m1/s1. The molecule has 0 unspecified atom stereocenters. The molecule has 0 saturated heterocycles. The highest BCUT2D eigenvalue weighted by atomic mass is 16.6. The highest BCUT2D eigenvalue weighted by molar-refractivity contribution is 5.90. The van der Waals surface area contributed by atoms with Crippen molar-refractivity contribution < 1.29 is 28.5 Å². The van der Waals surface area contributed by atoms with Gasteiger partial charge in [0.05, 0.1) is 7.11 Å². The maximum absolute atomic E-state index is 12.5. The van der Waals surface area contributed by atoms with Gasteiger partial charge in [-0.1, -0.05) is 26.7 Å². The van der Waals surface area contributed by atoms with Crippen LogP contribution in [0.25, 0.3) is 6.08 Å². The second-order valence-corrected chi connectivity index (χ2v) is 8.04. The minimum absolute atomic E-state index is 0.128. The molecule has 3 rings (SSSR count). The molecule has 1 saturated carbocycles. The number of fused-ring (bicyclic) bond motifs is 1. The molecule has 0 radical (unpaired) electrons. The van der Waals surface area contributed by atoms with Crippen LogP contribution in [0.15, 0.2) is 18.2 Å². The third-order valence-electron chi connectivity index (χ3n) is 5.96. The van der Waals surface area contributed by atoms with Crippen molar-refractivity contribution >= 4 is 18.0 Å². The Morgan fingerprint density at radius 2 is 1.97 bits per heavy atom. The summed E-state index contributed by atoms with van der Waals surface area (Å²) < 4.78 is 21.8. The third kappa shape index (κ3) is 5.26. The zero-order valence-electron chi connectivity index (χ0n) is 18.1. The third-order valence-corrected chi connectivity index (χ3v) is 5.96. The number of rotatable bonds is 6. The lowest BCUT2D eigenvalue weighted by atomic mass is 9.78. The molecular weight excluding hydrogens is 386 g/mol. The van der Waals surface area contributed by atoms with E-state index in [2.05, 4.69) is 19.2 Å². The van der Waals surface area contributed by atoms with Crippen LogP contribution in [0.5, 0.6) is 17.2 Å². The summed E-state index contributed by atoms with van der Waals surface area (Å²) in [5.41, 5.74) is 0.704. The minimum atomic E-state index is -0.860. The van der Waals surface area contributed by atoms with Gasteiger partial charge in [-0.3, -0.25) is 4.79 Å². The smallest absolute Gasteiger partial charge is 0.331 e. The molecule has 0 spiro atoms. The fourth-order valence-electron chi connectivity index (χ4n) is 3.91. The zero-order chi connectivity index (χ0) is 21.7. The Kier molecular flexibility index (Phi) is 7.24. The van der Waals surface area contributed by atoms with E-state index in [1.54, 1.807) is 32.2 Å². The topological polar surface area (TPSA) is 83.1 Å². The Hall–Kier alpha value is -2.70. The number of hydrogen-bond donors (Lipinski definition) is 1. The van der Waals surface area contributed by atoms with E-state index < -0.39 is 12.1 Å². The summed E-state index contributed by atoms with van der Waals surface area (Å²) >= 11 is 0. The van der Waals surface area contributed by atoms with Crippen LogP contribution in [0.1, 0.15) is 45.6 Å². The van der Waals surface area contributed by atoms with Crippen molar-refractivity contribution in [3.63, 3.8) is 0 Å². The first kappa shape index (κ1) is 22.0. The maximum Gasteiger partial charge on any atom is 0.331 e. The van der Waals surface area contributed by atoms with Gasteiger partial charge in [0.25, 0.3) is 5.91 Å². The highest BCUT2D eigenvalue weighted by Gasteiger charge is 2.30. The molecule has 164 valence electrons. The lowest BCUT2D eigenvalue weighted by Crippen LogP contribution is -2.47. The molecule has 7 heteroatoms. The summed E-state index contributed by atoms with van der Waals surface area (Å²) in [6, 6.07) is 3.64. The van der Waals surface area contributed by atoms with Gasteiger partial charge in [-0.15, -0.1) is 0 Å². The maximum atomic E-state index is 12.5. The average Bonchev–Trinajstić information content (AvgIpc) is 2.74. The van der Waals surface area contributed by atoms with Gasteiger partial charge < -0.3 is 24.3 Å². The van der Waals surface area contributed by atoms with Crippen LogP contribution in [0.4, 0.5) is 0 Å². The van der Waals surface area contributed by atoms with E-state index in [9.17, 15) is 9.59 Å². The lowest BCUT2D eigenvalue weighted by Gasteiger charge is -2.35. The first-order valence-electron chi connectivity index (χ1n) is 10.6. The van der Waals surface area contributed by atoms with E-state index in [4.69, 9.17) is 18.9 Å². The molecule has 1 heterocycles. The van der Waals surface area contributed by atoms with Crippen LogP contribution in [-0.4, -0.2) is 44.3 Å². The van der Waals surface area contributed by atoms with Gasteiger partial charge in [0.2, 0.25) is 5.75 Å². The first-order chi connectivity index (χ1) is 14.4. The van der Waals surface area contributed by atoms with Crippen molar-refractivity contribution in [3.8, 4) is 17.2 Å². The highest BCUT2D eigenvalue weighted by Crippen LogP contribution is 2.40. The first-order valence-corrected chi connectivity index (χ1v) is 10.6. The summed E-state index contributed by atoms with van der Waals surface area (Å²) in [6.07, 6.45) is 5.28. The monoisotopic (exact) mass is 417 g/mol. The van der Waals surface area contributed by atoms with Crippen molar-refractivity contribution in [2.24, 2.45) is 11.8 Å². The molecule has 0 bridgehead atoms. The molecule has 1 aromatic rings. The van der Waals surface area contributed by atoms with Gasteiger partial charge >= 0.3 is 5.97 Å². The number of hydrogen-bond acceptors (Lipinski definition) is 6. The number of esters is 1. The van der Waals surface area contributed by atoms with Gasteiger partial charge in [-0.2, -0.15) is 0 Å². The number of carbonyl (C=O) groups is 2. The van der Waals surface area contributed by atoms with Crippen molar-refractivity contribution in [1.82, 2.24) is 5.32 Å². The number of ether oxygens (including phenoxy) is 4. The molecule has 0 aromatic heterocycles. The SMILES string of the molecule is COc1cc(/C=C/C(=O)O[C@H](C)C(=O)N[C@H]2CCC[C@@H](C)[C@H]2C)cc2c1OCCO2. The van der Waals surface area contributed by atoms with Crippen LogP contribution in [0.2, 0.25) is 0 Å². The lowest BCUT2D eigenvalue weighted by molar-refractivity contribution is -0.150. The van der Waals surface area contributed by atoms with Crippen LogP contribution in [0.3, 0.4) is 0 Å². The zero-order valence-corrected chi connectivity index (χ0v) is 18.1. The van der Waals surface area contributed by atoms with E-state index in [0.29, 0.717) is 47.9 Å². The fraction of sp³-hybridized carbons (Fsp3) is 0.565. The molecule has 7 nitrogen and oxygen atoms in total.